The third-order valence-electron chi connectivity index (χ3n) is 17.4. The molecule has 104 heavy (non-hydrogen) atoms. The van der Waals surface area contributed by atoms with Gasteiger partial charge < -0.3 is 9.13 Å². The van der Waals surface area contributed by atoms with Crippen molar-refractivity contribution >= 4 is 43.6 Å². The van der Waals surface area contributed by atoms with Crippen LogP contribution in [0.4, 0.5) is 119 Å². The number of aromatic nitrogens is 3. The van der Waals surface area contributed by atoms with Crippen LogP contribution >= 0.6 is 0 Å². The molecule has 0 saturated heterocycles. The summed E-state index contributed by atoms with van der Waals surface area (Å²) in [6.07, 6.45) is -49.7. The van der Waals surface area contributed by atoms with Crippen LogP contribution in [0.15, 0.2) is 206 Å². The summed E-state index contributed by atoms with van der Waals surface area (Å²) in [5, 5.41) is -1.96. The van der Waals surface area contributed by atoms with Crippen LogP contribution in [0, 0.1) is 0 Å². The van der Waals surface area contributed by atoms with Crippen molar-refractivity contribution in [2.75, 3.05) is 0 Å². The van der Waals surface area contributed by atoms with Crippen molar-refractivity contribution in [3.63, 3.8) is 0 Å². The topological polar surface area (TPSA) is 22.8 Å². The Morgan fingerprint density at radius 3 is 0.731 bits per heavy atom. The molecule has 0 spiro atoms. The van der Waals surface area contributed by atoms with Crippen LogP contribution in [-0.2, 0) is 55.6 Å². The van der Waals surface area contributed by atoms with Crippen LogP contribution < -0.4 is 0 Å². The van der Waals surface area contributed by atoms with E-state index in [1.807, 2.05) is 0 Å². The van der Waals surface area contributed by atoms with Crippen molar-refractivity contribution in [3.05, 3.63) is 256 Å². The highest BCUT2D eigenvalue weighted by atomic mass is 19.4. The van der Waals surface area contributed by atoms with Gasteiger partial charge in [-0.25, -0.2) is 4.98 Å². The van der Waals surface area contributed by atoms with Gasteiger partial charge in [0.15, 0.2) is 0 Å². The minimum atomic E-state index is -5.79. The Kier molecular flexibility index (Phi) is 16.7. The normalized spacial score (nSPS) is 13.3. The fourth-order valence-electron chi connectivity index (χ4n) is 12.8. The van der Waals surface area contributed by atoms with Gasteiger partial charge in [0.25, 0.3) is 0 Å². The van der Waals surface area contributed by atoms with E-state index in [1.165, 1.54) is 18.2 Å². The molecule has 13 aromatic rings. The Morgan fingerprint density at radius 1 is 0.212 bits per heavy atom. The molecule has 3 aromatic heterocycles. The fourth-order valence-corrected chi connectivity index (χ4v) is 12.8. The molecule has 0 atom stereocenters. The lowest BCUT2D eigenvalue weighted by Crippen LogP contribution is -2.16. The van der Waals surface area contributed by atoms with Gasteiger partial charge >= 0.3 is 55.6 Å². The van der Waals surface area contributed by atoms with E-state index in [9.17, 15) is 105 Å². The molecule has 30 heteroatoms. The zero-order chi connectivity index (χ0) is 75.3. The van der Waals surface area contributed by atoms with E-state index in [-0.39, 0.29) is 65.5 Å². The number of benzene rings is 10. The first-order valence-corrected chi connectivity index (χ1v) is 29.9. The van der Waals surface area contributed by atoms with E-state index in [4.69, 9.17) is 4.98 Å². The summed E-state index contributed by atoms with van der Waals surface area (Å²) < 4.78 is 402. The number of hydrogen-bond acceptors (Lipinski definition) is 1. The van der Waals surface area contributed by atoms with E-state index < -0.39 is 205 Å². The van der Waals surface area contributed by atoms with Crippen molar-refractivity contribution in [1.82, 2.24) is 14.1 Å². The van der Waals surface area contributed by atoms with Crippen LogP contribution in [0.3, 0.4) is 0 Å². The number of halogens is 27. The van der Waals surface area contributed by atoms with Crippen LogP contribution in [0.2, 0.25) is 0 Å². The van der Waals surface area contributed by atoms with Gasteiger partial charge in [-0.3, -0.25) is 0 Å². The van der Waals surface area contributed by atoms with Crippen LogP contribution in [-0.4, -0.2) is 14.1 Å². The van der Waals surface area contributed by atoms with Gasteiger partial charge in [0, 0.05) is 32.7 Å². The molecule has 0 unspecified atom stereocenters. The Morgan fingerprint density at radius 2 is 0.481 bits per heavy atom. The van der Waals surface area contributed by atoms with Gasteiger partial charge in [0.2, 0.25) is 0 Å². The van der Waals surface area contributed by atoms with Gasteiger partial charge in [0.1, 0.15) is 5.56 Å². The van der Waals surface area contributed by atoms with Crippen molar-refractivity contribution in [3.8, 4) is 78.4 Å². The van der Waals surface area contributed by atoms with Crippen molar-refractivity contribution in [2.24, 2.45) is 0 Å². The maximum atomic E-state index is 17.4. The summed E-state index contributed by atoms with van der Waals surface area (Å²) in [5.41, 5.74) is -27.2. The average molecular weight is 1480 g/mol. The van der Waals surface area contributed by atoms with E-state index in [1.54, 1.807) is 30.3 Å². The molecule has 13 rings (SSSR count). The molecule has 0 saturated carbocycles. The maximum absolute atomic E-state index is 17.4. The Bertz CT molecular complexity index is 5040. The molecule has 0 aliphatic heterocycles. The lowest BCUT2D eigenvalue weighted by molar-refractivity contribution is -0.144. The minimum absolute atomic E-state index is 0.144. The number of alkyl halides is 27. The first-order valence-electron chi connectivity index (χ1n) is 29.9. The summed E-state index contributed by atoms with van der Waals surface area (Å²) in [5.74, 6) is 0. The molecule has 10 aromatic carbocycles. The predicted octanol–water partition coefficient (Wildman–Crippen LogP) is 26.4. The predicted molar refractivity (Wildman–Crippen MR) is 331 cm³/mol. The molecule has 0 fully saturated rings. The Balaban J connectivity index is 1.18. The molecular formula is C74H34F27N3. The largest absolute Gasteiger partial charge is 0.420 e. The highest BCUT2D eigenvalue weighted by Gasteiger charge is 2.45. The van der Waals surface area contributed by atoms with Crippen molar-refractivity contribution < 1.29 is 119 Å². The highest BCUT2D eigenvalue weighted by Crippen LogP contribution is 2.52. The number of rotatable bonds is 8. The van der Waals surface area contributed by atoms with Gasteiger partial charge in [-0.15, -0.1) is 0 Å². The summed E-state index contributed by atoms with van der Waals surface area (Å²) in [4.78, 5) is 4.73. The monoisotopic (exact) mass is 1480 g/mol. The maximum Gasteiger partial charge on any atom is 0.420 e. The molecule has 3 nitrogen and oxygen atoms in total. The second-order valence-electron chi connectivity index (χ2n) is 23.8. The van der Waals surface area contributed by atoms with Crippen LogP contribution in [0.1, 0.15) is 50.1 Å². The molecule has 0 aliphatic carbocycles. The molecule has 0 aliphatic rings. The molecule has 0 N–H and O–H groups in total. The molecule has 0 amide bonds. The summed E-state index contributed by atoms with van der Waals surface area (Å²) in [6.45, 7) is 0. The third kappa shape index (κ3) is 13.1. The molecule has 0 bridgehead atoms. The van der Waals surface area contributed by atoms with E-state index in [0.29, 0.717) is 29.8 Å². The molecule has 0 radical (unpaired) electrons. The van der Waals surface area contributed by atoms with Gasteiger partial charge in [-0.2, -0.15) is 119 Å². The van der Waals surface area contributed by atoms with Gasteiger partial charge in [0.05, 0.1) is 89.3 Å². The van der Waals surface area contributed by atoms with Crippen LogP contribution in [0.25, 0.3) is 122 Å². The molecule has 534 valence electrons. The Hall–Kier alpha value is -10.9. The number of pyridine rings is 1. The SMILES string of the molecule is FC(F)(F)c1ccc(-c2ccc3c(c2)c2cc(-c4ccc(C(F)(F)F)cc4C(F)(F)F)ccc2n3-c2cc(-c3cccc(-c4ccccc4)n3)cc(-n3c4ccc(-c5ccc(C(F)(F)F)cc5C(F)(F)F)cc4c4cc(-c5ccc(C(F)(F)F)cc5C(F)(F)F)ccc43)c2C(F)(F)F)c(C(F)(F)F)c1. The number of hydrogen-bond donors (Lipinski definition) is 0. The number of nitrogens with zero attached hydrogens (tertiary/aromatic N) is 3. The quantitative estimate of drug-likeness (QED) is 0.139. The molecule has 3 heterocycles. The third-order valence-corrected chi connectivity index (χ3v) is 17.4. The van der Waals surface area contributed by atoms with Gasteiger partial charge in [-0.1, -0.05) is 84.9 Å². The first-order chi connectivity index (χ1) is 48.2. The second kappa shape index (κ2) is 24.3. The van der Waals surface area contributed by atoms with Crippen LogP contribution in [0.5, 0.6) is 0 Å². The summed E-state index contributed by atoms with van der Waals surface area (Å²) in [7, 11) is 0. The lowest BCUT2D eigenvalue weighted by atomic mass is 9.94. The lowest BCUT2D eigenvalue weighted by Gasteiger charge is -2.23. The summed E-state index contributed by atoms with van der Waals surface area (Å²) in [6, 6.07) is 25.8. The Labute approximate surface area is 564 Å². The smallest absolute Gasteiger partial charge is 0.309 e. The number of fused-ring (bicyclic) bond motifs is 6. The second-order valence-corrected chi connectivity index (χ2v) is 23.8. The minimum Gasteiger partial charge on any atom is -0.309 e. The zero-order valence-electron chi connectivity index (χ0n) is 51.2. The van der Waals surface area contributed by atoms with E-state index in [0.717, 1.165) is 94.1 Å². The van der Waals surface area contributed by atoms with E-state index in [2.05, 4.69) is 0 Å². The fraction of sp³-hybridized carbons (Fsp3) is 0.122. The summed E-state index contributed by atoms with van der Waals surface area (Å²) >= 11 is 0. The van der Waals surface area contributed by atoms with Gasteiger partial charge in [-0.05, 0) is 166 Å². The van der Waals surface area contributed by atoms with E-state index >= 15 is 13.2 Å². The zero-order valence-corrected chi connectivity index (χ0v) is 51.2. The highest BCUT2D eigenvalue weighted by molar-refractivity contribution is 6.14. The van der Waals surface area contributed by atoms with Crippen molar-refractivity contribution in [1.29, 1.82) is 0 Å². The molecular weight excluding hydrogens is 1440 g/mol. The average Bonchev–Trinajstić information content (AvgIpc) is 1.54. The van der Waals surface area contributed by atoms with Crippen molar-refractivity contribution in [2.45, 2.75) is 55.6 Å². The first kappa shape index (κ1) is 71.5. The standard InChI is InChI=1S/C74H34F27N3/c75-66(76,77)41-13-17-45(53(31-41)70(87,88)89)36-9-21-59-49(25-36)50-26-37(46-18-14-42(67(78,79)80)32-54(46)71(90,91)92)10-22-60(50)103(59)63-29-40(58-8-4-7-57(102-58)35-5-2-1-3-6-35)30-64(65(63)74(99,100)101)104-61-23-11-38(47-19-15-43(68(81,82)83)33-55(47)72(93,94)95)27-51(61)52-28-39(12-24-62(52)104)48-20-16-44(69(84,85)86)34-56(48)73(96,97)98/h1-34H.